The molecule has 0 saturated carbocycles. The van der Waals surface area contributed by atoms with Gasteiger partial charge in [0.2, 0.25) is 5.91 Å². The molecule has 2 heterocycles. The minimum absolute atomic E-state index is 0.108. The van der Waals surface area contributed by atoms with Crippen molar-refractivity contribution in [3.8, 4) is 0 Å². The predicted octanol–water partition coefficient (Wildman–Crippen LogP) is 2.98. The Kier molecular flexibility index (Phi) is 5.91. The molecule has 1 N–H and O–H groups in total. The van der Waals surface area contributed by atoms with Crippen LogP contribution in [0.1, 0.15) is 11.3 Å². The number of thiophene rings is 1. The van der Waals surface area contributed by atoms with E-state index >= 15 is 0 Å². The van der Waals surface area contributed by atoms with Gasteiger partial charge >= 0.3 is 0 Å². The van der Waals surface area contributed by atoms with Crippen LogP contribution in [0, 0.1) is 0 Å². The fourth-order valence-corrected chi connectivity index (χ4v) is 3.10. The van der Waals surface area contributed by atoms with E-state index in [9.17, 15) is 4.79 Å². The smallest absolute Gasteiger partial charge is 0.225 e. The summed E-state index contributed by atoms with van der Waals surface area (Å²) in [6.45, 7) is 0.738. The molecule has 0 spiro atoms. The molecular weight excluding hydrogens is 276 g/mol. The Bertz CT molecular complexity index is 485. The van der Waals surface area contributed by atoms with Gasteiger partial charge in [0.1, 0.15) is 0 Å². The van der Waals surface area contributed by atoms with Crippen LogP contribution in [0.3, 0.4) is 0 Å². The molecule has 0 fully saturated rings. The molecule has 2 aromatic rings. The van der Waals surface area contributed by atoms with Gasteiger partial charge in [-0.1, -0.05) is 6.07 Å². The van der Waals surface area contributed by atoms with Gasteiger partial charge in [-0.25, -0.2) is 0 Å². The fourth-order valence-electron chi connectivity index (χ4n) is 1.56. The second kappa shape index (κ2) is 7.96. The highest BCUT2D eigenvalue weighted by atomic mass is 32.2. The van der Waals surface area contributed by atoms with Crippen molar-refractivity contribution in [2.45, 2.75) is 17.7 Å². The van der Waals surface area contributed by atoms with E-state index < -0.39 is 0 Å². The summed E-state index contributed by atoms with van der Waals surface area (Å²) in [5.41, 5.74) is 0. The monoisotopic (exact) mass is 292 g/mol. The van der Waals surface area contributed by atoms with Gasteiger partial charge in [-0.05, 0) is 35.8 Å². The van der Waals surface area contributed by atoms with Crippen molar-refractivity contribution < 1.29 is 4.79 Å². The summed E-state index contributed by atoms with van der Waals surface area (Å²) in [5.74, 6) is 1.11. The van der Waals surface area contributed by atoms with Crippen molar-refractivity contribution in [3.05, 3.63) is 46.9 Å². The molecule has 3 nitrogen and oxygen atoms in total. The molecule has 0 unspecified atom stereocenters. The molecule has 2 rings (SSSR count). The van der Waals surface area contributed by atoms with E-state index in [0.29, 0.717) is 6.42 Å². The van der Waals surface area contributed by atoms with Gasteiger partial charge in [-0.3, -0.25) is 9.78 Å². The molecule has 0 radical (unpaired) electrons. The maximum Gasteiger partial charge on any atom is 0.225 e. The number of aromatic nitrogens is 1. The third-order valence-corrected chi connectivity index (χ3v) is 4.45. The van der Waals surface area contributed by atoms with Gasteiger partial charge in [0, 0.05) is 28.7 Å². The molecule has 0 atom stereocenters. The maximum absolute atomic E-state index is 11.6. The van der Waals surface area contributed by atoms with Crippen LogP contribution >= 0.6 is 23.1 Å². The van der Waals surface area contributed by atoms with E-state index in [-0.39, 0.29) is 5.91 Å². The molecule has 0 aliphatic heterocycles. The molecule has 1 amide bonds. The highest BCUT2D eigenvalue weighted by molar-refractivity contribution is 7.99. The molecule has 19 heavy (non-hydrogen) atoms. The van der Waals surface area contributed by atoms with Gasteiger partial charge in [0.05, 0.1) is 6.42 Å². The van der Waals surface area contributed by atoms with Crippen LogP contribution < -0.4 is 5.32 Å². The lowest BCUT2D eigenvalue weighted by molar-refractivity contribution is -0.120. The highest BCUT2D eigenvalue weighted by Gasteiger charge is 2.03. The lowest BCUT2D eigenvalue weighted by Gasteiger charge is -2.04. The van der Waals surface area contributed by atoms with E-state index in [0.717, 1.165) is 23.6 Å². The van der Waals surface area contributed by atoms with Crippen LogP contribution in [0.5, 0.6) is 0 Å². The van der Waals surface area contributed by atoms with Gasteiger partial charge in [-0.2, -0.15) is 0 Å². The number of carbonyl (C=O) groups is 1. The predicted molar refractivity (Wildman–Crippen MR) is 80.6 cm³/mol. The summed E-state index contributed by atoms with van der Waals surface area (Å²) in [6, 6.07) is 7.96. The van der Waals surface area contributed by atoms with Crippen LogP contribution in [0.2, 0.25) is 0 Å². The normalized spacial score (nSPS) is 10.3. The average Bonchev–Trinajstić information content (AvgIpc) is 2.92. The summed E-state index contributed by atoms with van der Waals surface area (Å²) < 4.78 is 0. The number of nitrogens with one attached hydrogen (secondary N) is 1. The lowest BCUT2D eigenvalue weighted by atomic mass is 10.3. The van der Waals surface area contributed by atoms with Crippen molar-refractivity contribution in [2.24, 2.45) is 0 Å². The summed E-state index contributed by atoms with van der Waals surface area (Å²) in [4.78, 5) is 17.9. The fraction of sp³-hybridized carbons (Fsp3) is 0.286. The van der Waals surface area contributed by atoms with Crippen molar-refractivity contribution in [3.63, 3.8) is 0 Å². The van der Waals surface area contributed by atoms with Crippen LogP contribution in [-0.2, 0) is 11.2 Å². The Morgan fingerprint density at radius 2 is 2.16 bits per heavy atom. The quantitative estimate of drug-likeness (QED) is 0.630. The Hall–Kier alpha value is -1.33. The topological polar surface area (TPSA) is 42.0 Å². The maximum atomic E-state index is 11.6. The highest BCUT2D eigenvalue weighted by Crippen LogP contribution is 2.16. The molecular formula is C14H16N2OS2. The van der Waals surface area contributed by atoms with Crippen LogP contribution in [0.4, 0.5) is 0 Å². The zero-order valence-corrected chi connectivity index (χ0v) is 12.2. The Balaban J connectivity index is 1.56. The SMILES string of the molecule is O=C(Cc1cccs1)NCCCSc1ccncc1. The molecule has 2 aromatic heterocycles. The second-order valence-corrected chi connectivity index (χ2v) is 6.19. The molecule has 0 aromatic carbocycles. The van der Waals surface area contributed by atoms with Crippen LogP contribution in [0.25, 0.3) is 0 Å². The van der Waals surface area contributed by atoms with Crippen molar-refractivity contribution in [1.82, 2.24) is 10.3 Å². The first-order valence-corrected chi connectivity index (χ1v) is 8.03. The number of thioether (sulfide) groups is 1. The molecule has 5 heteroatoms. The lowest BCUT2D eigenvalue weighted by Crippen LogP contribution is -2.26. The number of carbonyl (C=O) groups excluding carboxylic acids is 1. The minimum Gasteiger partial charge on any atom is -0.356 e. The van der Waals surface area contributed by atoms with E-state index in [4.69, 9.17) is 0 Å². The average molecular weight is 292 g/mol. The van der Waals surface area contributed by atoms with Gasteiger partial charge in [0.15, 0.2) is 0 Å². The van der Waals surface area contributed by atoms with E-state index in [2.05, 4.69) is 10.3 Å². The van der Waals surface area contributed by atoms with Gasteiger partial charge < -0.3 is 5.32 Å². The third-order valence-electron chi connectivity index (χ3n) is 2.48. The van der Waals surface area contributed by atoms with Crippen molar-refractivity contribution >= 4 is 29.0 Å². The number of amides is 1. The summed E-state index contributed by atoms with van der Waals surface area (Å²) in [5, 5.41) is 4.94. The molecule has 0 bridgehead atoms. The number of nitrogens with zero attached hydrogens (tertiary/aromatic N) is 1. The Morgan fingerprint density at radius 1 is 1.32 bits per heavy atom. The van der Waals surface area contributed by atoms with Crippen molar-refractivity contribution in [1.29, 1.82) is 0 Å². The largest absolute Gasteiger partial charge is 0.356 e. The van der Waals surface area contributed by atoms with Gasteiger partial charge in [0.25, 0.3) is 0 Å². The zero-order valence-electron chi connectivity index (χ0n) is 10.5. The third kappa shape index (κ3) is 5.44. The van der Waals surface area contributed by atoms with Gasteiger partial charge in [-0.15, -0.1) is 23.1 Å². The summed E-state index contributed by atoms with van der Waals surface area (Å²) in [6.07, 6.45) is 5.06. The number of pyridine rings is 1. The minimum atomic E-state index is 0.108. The number of hydrogen-bond donors (Lipinski definition) is 1. The van der Waals surface area contributed by atoms with E-state index in [1.807, 2.05) is 29.6 Å². The number of hydrogen-bond acceptors (Lipinski definition) is 4. The first kappa shape index (κ1) is 14.1. The first-order chi connectivity index (χ1) is 9.34. The molecule has 0 aliphatic carbocycles. The van der Waals surface area contributed by atoms with Crippen LogP contribution in [0.15, 0.2) is 46.9 Å². The van der Waals surface area contributed by atoms with E-state index in [1.165, 1.54) is 4.90 Å². The Labute approximate surface area is 121 Å². The Morgan fingerprint density at radius 3 is 2.89 bits per heavy atom. The van der Waals surface area contributed by atoms with E-state index in [1.54, 1.807) is 35.5 Å². The van der Waals surface area contributed by atoms with Crippen molar-refractivity contribution in [2.75, 3.05) is 12.3 Å². The molecule has 100 valence electrons. The zero-order chi connectivity index (χ0) is 13.3. The first-order valence-electron chi connectivity index (χ1n) is 6.16. The molecule has 0 aliphatic rings. The summed E-state index contributed by atoms with van der Waals surface area (Å²) >= 11 is 3.41. The summed E-state index contributed by atoms with van der Waals surface area (Å²) in [7, 11) is 0. The van der Waals surface area contributed by atoms with Crippen LogP contribution in [-0.4, -0.2) is 23.2 Å². The molecule has 0 saturated heterocycles. The number of rotatable bonds is 7. The second-order valence-electron chi connectivity index (χ2n) is 3.99. The standard InChI is InChI=1S/C14H16N2OS2/c17-14(11-13-3-1-9-19-13)16-6-2-10-18-12-4-7-15-8-5-12/h1,3-5,7-9H,2,6,10-11H2,(H,16,17).